The minimum Gasteiger partial charge on any atom is -0.497 e. The molecule has 1 rings (SSSR count). The summed E-state index contributed by atoms with van der Waals surface area (Å²) in [6, 6.07) is 7.29. The van der Waals surface area contributed by atoms with Crippen LogP contribution in [0.3, 0.4) is 0 Å². The molecule has 0 saturated heterocycles. The fourth-order valence-corrected chi connectivity index (χ4v) is 2.78. The van der Waals surface area contributed by atoms with Crippen LogP contribution in [0.15, 0.2) is 29.2 Å². The summed E-state index contributed by atoms with van der Waals surface area (Å²) in [4.78, 5) is 0.810. The largest absolute Gasteiger partial charge is 0.497 e. The highest BCUT2D eigenvalue weighted by Gasteiger charge is 2.15. The molecule has 0 amide bonds. The summed E-state index contributed by atoms with van der Waals surface area (Å²) in [6.45, 7) is 4.19. The lowest BCUT2D eigenvalue weighted by Gasteiger charge is -2.17. The zero-order valence-corrected chi connectivity index (χ0v) is 11.5. The highest BCUT2D eigenvalue weighted by atomic mass is 32.2. The molecule has 4 heteroatoms. The smallest absolute Gasteiger partial charge is 0.118 e. The maximum Gasteiger partial charge on any atom is 0.118 e. The number of rotatable bonds is 6. The van der Waals surface area contributed by atoms with E-state index in [1.54, 1.807) is 7.11 Å². The molecule has 0 fully saturated rings. The van der Waals surface area contributed by atoms with Crippen LogP contribution in [-0.4, -0.2) is 23.1 Å². The van der Waals surface area contributed by atoms with Crippen molar-refractivity contribution in [3.8, 4) is 5.75 Å². The van der Waals surface area contributed by atoms with Gasteiger partial charge in [-0.1, -0.05) is 20.3 Å². The molecule has 3 nitrogen and oxygen atoms in total. The molecular weight excluding hydrogens is 234 g/mol. The van der Waals surface area contributed by atoms with Crippen LogP contribution in [0.2, 0.25) is 0 Å². The van der Waals surface area contributed by atoms with Crippen molar-refractivity contribution in [2.45, 2.75) is 31.2 Å². The Hall–Kier alpha value is -0.870. The maximum atomic E-state index is 12.1. The van der Waals surface area contributed by atoms with Gasteiger partial charge in [0.25, 0.3) is 0 Å². The minimum atomic E-state index is -1.03. The van der Waals surface area contributed by atoms with Gasteiger partial charge >= 0.3 is 0 Å². The molecule has 0 bridgehead atoms. The van der Waals surface area contributed by atoms with Gasteiger partial charge in [-0.2, -0.15) is 0 Å². The SMILES string of the molecule is CCC(C)C(N)CS(=O)c1ccc(OC)cc1. The first kappa shape index (κ1) is 14.2. The zero-order chi connectivity index (χ0) is 12.8. The zero-order valence-electron chi connectivity index (χ0n) is 10.7. The van der Waals surface area contributed by atoms with Crippen molar-refractivity contribution in [2.24, 2.45) is 11.7 Å². The normalized spacial score (nSPS) is 16.2. The van der Waals surface area contributed by atoms with Crippen LogP contribution in [0.4, 0.5) is 0 Å². The molecular formula is C13H21NO2S. The summed E-state index contributed by atoms with van der Waals surface area (Å²) in [5.74, 6) is 1.69. The van der Waals surface area contributed by atoms with Crippen LogP contribution in [0.25, 0.3) is 0 Å². The average Bonchev–Trinajstić information content (AvgIpc) is 2.37. The minimum absolute atomic E-state index is 0.0112. The number of hydrogen-bond donors (Lipinski definition) is 1. The standard InChI is InChI=1S/C13H21NO2S/c1-4-10(2)13(14)9-17(15)12-7-5-11(16-3)6-8-12/h5-8,10,13H,4,9,14H2,1-3H3. The Labute approximate surface area is 106 Å². The molecule has 0 aliphatic rings. The summed E-state index contributed by atoms with van der Waals surface area (Å²) in [5.41, 5.74) is 6.00. The summed E-state index contributed by atoms with van der Waals surface area (Å²) >= 11 is 0. The van der Waals surface area contributed by atoms with Crippen molar-refractivity contribution in [3.05, 3.63) is 24.3 Å². The third-order valence-corrected chi connectivity index (χ3v) is 4.53. The number of benzene rings is 1. The van der Waals surface area contributed by atoms with Crippen molar-refractivity contribution in [1.29, 1.82) is 0 Å². The number of hydrogen-bond acceptors (Lipinski definition) is 3. The first-order valence-corrected chi connectivity index (χ1v) is 7.18. The van der Waals surface area contributed by atoms with E-state index in [2.05, 4.69) is 13.8 Å². The van der Waals surface area contributed by atoms with Gasteiger partial charge in [0.2, 0.25) is 0 Å². The second-order valence-corrected chi connectivity index (χ2v) is 5.73. The van der Waals surface area contributed by atoms with Gasteiger partial charge in [-0.05, 0) is 30.2 Å². The third kappa shape index (κ3) is 4.13. The Kier molecular flexibility index (Phi) is 5.65. The van der Waals surface area contributed by atoms with Gasteiger partial charge in [0.05, 0.1) is 17.9 Å². The Bertz CT molecular complexity index is 364. The lowest BCUT2D eigenvalue weighted by molar-refractivity contribution is 0.414. The van der Waals surface area contributed by atoms with Gasteiger partial charge in [0.1, 0.15) is 5.75 Å². The summed E-state index contributed by atoms with van der Waals surface area (Å²) in [6.07, 6.45) is 1.01. The lowest BCUT2D eigenvalue weighted by atomic mass is 10.0. The van der Waals surface area contributed by atoms with E-state index in [-0.39, 0.29) is 6.04 Å². The van der Waals surface area contributed by atoms with Crippen molar-refractivity contribution in [3.63, 3.8) is 0 Å². The number of ether oxygens (including phenoxy) is 1. The lowest BCUT2D eigenvalue weighted by Crippen LogP contribution is -2.33. The van der Waals surface area contributed by atoms with E-state index in [0.717, 1.165) is 17.1 Å². The fourth-order valence-electron chi connectivity index (χ4n) is 1.47. The predicted octanol–water partition coefficient (Wildman–Crippen LogP) is 2.18. The molecule has 0 saturated carbocycles. The molecule has 1 aromatic rings. The van der Waals surface area contributed by atoms with Gasteiger partial charge < -0.3 is 10.5 Å². The molecule has 3 atom stereocenters. The Morgan fingerprint density at radius 3 is 2.41 bits per heavy atom. The van der Waals surface area contributed by atoms with Crippen molar-refractivity contribution in [2.75, 3.05) is 12.9 Å². The van der Waals surface area contributed by atoms with Crippen molar-refractivity contribution < 1.29 is 8.95 Å². The fraction of sp³-hybridized carbons (Fsp3) is 0.538. The summed E-state index contributed by atoms with van der Waals surface area (Å²) < 4.78 is 17.1. The van der Waals surface area contributed by atoms with Crippen LogP contribution in [0.5, 0.6) is 5.75 Å². The first-order valence-electron chi connectivity index (χ1n) is 5.86. The highest BCUT2D eigenvalue weighted by molar-refractivity contribution is 7.85. The molecule has 0 aliphatic heterocycles. The van der Waals surface area contributed by atoms with E-state index in [4.69, 9.17) is 10.5 Å². The average molecular weight is 255 g/mol. The van der Waals surface area contributed by atoms with Crippen LogP contribution in [0, 0.1) is 5.92 Å². The molecule has 2 N–H and O–H groups in total. The second-order valence-electron chi connectivity index (χ2n) is 4.24. The van der Waals surface area contributed by atoms with Crippen LogP contribution < -0.4 is 10.5 Å². The van der Waals surface area contributed by atoms with Gasteiger partial charge in [-0.3, -0.25) is 4.21 Å². The highest BCUT2D eigenvalue weighted by Crippen LogP contribution is 2.16. The quantitative estimate of drug-likeness (QED) is 0.847. The number of methoxy groups -OCH3 is 1. The van der Waals surface area contributed by atoms with Crippen LogP contribution in [-0.2, 0) is 10.8 Å². The Morgan fingerprint density at radius 2 is 1.94 bits per heavy atom. The maximum absolute atomic E-state index is 12.1. The second kappa shape index (κ2) is 6.77. The third-order valence-electron chi connectivity index (χ3n) is 3.04. The van der Waals surface area contributed by atoms with Crippen LogP contribution >= 0.6 is 0 Å². The molecule has 0 aliphatic carbocycles. The molecule has 0 spiro atoms. The van der Waals surface area contributed by atoms with Gasteiger partial charge in [0.15, 0.2) is 0 Å². The summed E-state index contributed by atoms with van der Waals surface area (Å²) in [5, 5.41) is 0. The monoisotopic (exact) mass is 255 g/mol. The van der Waals surface area contributed by atoms with E-state index < -0.39 is 10.8 Å². The summed E-state index contributed by atoms with van der Waals surface area (Å²) in [7, 11) is 0.589. The molecule has 17 heavy (non-hydrogen) atoms. The number of nitrogens with two attached hydrogens (primary N) is 1. The Morgan fingerprint density at radius 1 is 1.35 bits per heavy atom. The van der Waals surface area contributed by atoms with E-state index >= 15 is 0 Å². The van der Waals surface area contributed by atoms with E-state index in [0.29, 0.717) is 11.7 Å². The predicted molar refractivity (Wildman–Crippen MR) is 71.7 cm³/mol. The molecule has 3 unspecified atom stereocenters. The molecule has 0 radical (unpaired) electrons. The van der Waals surface area contributed by atoms with E-state index in [1.807, 2.05) is 24.3 Å². The Balaban J connectivity index is 2.63. The topological polar surface area (TPSA) is 52.3 Å². The first-order chi connectivity index (χ1) is 8.08. The van der Waals surface area contributed by atoms with Gasteiger partial charge in [-0.25, -0.2) is 0 Å². The molecule has 0 aromatic heterocycles. The molecule has 1 aromatic carbocycles. The van der Waals surface area contributed by atoms with Gasteiger partial charge in [-0.15, -0.1) is 0 Å². The molecule has 96 valence electrons. The van der Waals surface area contributed by atoms with Crippen LogP contribution in [0.1, 0.15) is 20.3 Å². The van der Waals surface area contributed by atoms with E-state index in [9.17, 15) is 4.21 Å². The van der Waals surface area contributed by atoms with Crippen molar-refractivity contribution in [1.82, 2.24) is 0 Å². The molecule has 0 heterocycles. The van der Waals surface area contributed by atoms with E-state index in [1.165, 1.54) is 0 Å². The van der Waals surface area contributed by atoms with Crippen molar-refractivity contribution >= 4 is 10.8 Å². The van der Waals surface area contributed by atoms with Gasteiger partial charge in [0, 0.05) is 16.7 Å².